The third-order valence-corrected chi connectivity index (χ3v) is 3.80. The molecule has 0 spiro atoms. The smallest absolute Gasteiger partial charge is 0.303 e. The Hall–Kier alpha value is -1.71. The molecular weight excluding hydrogens is 244 g/mol. The number of rotatable bonds is 4. The van der Waals surface area contributed by atoms with Crippen molar-refractivity contribution in [1.29, 1.82) is 0 Å². The predicted octanol–water partition coefficient (Wildman–Crippen LogP) is 2.73. The summed E-state index contributed by atoms with van der Waals surface area (Å²) in [7, 11) is 0. The molecule has 4 nitrogen and oxygen atoms in total. The zero-order valence-corrected chi connectivity index (χ0v) is 11.0. The lowest BCUT2D eigenvalue weighted by Gasteiger charge is -2.25. The van der Waals surface area contributed by atoms with E-state index < -0.39 is 5.97 Å². The second-order valence-electron chi connectivity index (χ2n) is 5.42. The highest BCUT2D eigenvalue weighted by molar-refractivity contribution is 5.69. The van der Waals surface area contributed by atoms with Crippen LogP contribution in [0.15, 0.2) is 12.1 Å². The minimum atomic E-state index is -0.746. The normalized spacial score (nSPS) is 19.0. The van der Waals surface area contributed by atoms with Crippen LogP contribution in [0.2, 0.25) is 0 Å². The Morgan fingerprint density at radius 2 is 2.11 bits per heavy atom. The van der Waals surface area contributed by atoms with Gasteiger partial charge < -0.3 is 14.6 Å². The third-order valence-electron chi connectivity index (χ3n) is 3.80. The van der Waals surface area contributed by atoms with Crippen molar-refractivity contribution in [2.45, 2.75) is 32.1 Å². The van der Waals surface area contributed by atoms with Gasteiger partial charge >= 0.3 is 5.97 Å². The van der Waals surface area contributed by atoms with Gasteiger partial charge in [0.1, 0.15) is 13.2 Å². The van der Waals surface area contributed by atoms with E-state index in [1.807, 2.05) is 13.0 Å². The molecule has 1 aliphatic heterocycles. The average Bonchev–Trinajstić information content (AvgIpc) is 3.19. The third kappa shape index (κ3) is 2.53. The first-order chi connectivity index (χ1) is 9.15. The number of hydrogen-bond acceptors (Lipinski definition) is 3. The van der Waals surface area contributed by atoms with E-state index in [1.165, 1.54) is 0 Å². The van der Waals surface area contributed by atoms with E-state index in [0.29, 0.717) is 19.1 Å². The molecular formula is C15H18O4. The lowest BCUT2D eigenvalue weighted by Crippen LogP contribution is -2.19. The summed E-state index contributed by atoms with van der Waals surface area (Å²) >= 11 is 0. The molecule has 1 unspecified atom stereocenters. The zero-order valence-electron chi connectivity index (χ0n) is 11.0. The summed E-state index contributed by atoms with van der Waals surface area (Å²) in [5, 5.41) is 9.12. The van der Waals surface area contributed by atoms with Crippen LogP contribution in [0.5, 0.6) is 11.5 Å². The molecule has 1 N–H and O–H groups in total. The Balaban J connectivity index is 2.01. The highest BCUT2D eigenvalue weighted by atomic mass is 16.6. The van der Waals surface area contributed by atoms with Crippen LogP contribution < -0.4 is 9.47 Å². The Bertz CT molecular complexity index is 505. The molecule has 19 heavy (non-hydrogen) atoms. The van der Waals surface area contributed by atoms with Crippen LogP contribution in [0.25, 0.3) is 0 Å². The van der Waals surface area contributed by atoms with E-state index in [2.05, 4.69) is 6.07 Å². The van der Waals surface area contributed by atoms with E-state index >= 15 is 0 Å². The van der Waals surface area contributed by atoms with Crippen LogP contribution in [0.4, 0.5) is 0 Å². The molecule has 3 rings (SSSR count). The molecule has 2 aliphatic rings. The van der Waals surface area contributed by atoms with Crippen LogP contribution in [-0.4, -0.2) is 24.3 Å². The summed E-state index contributed by atoms with van der Waals surface area (Å²) in [4.78, 5) is 11.1. The Labute approximate surface area is 112 Å². The molecule has 1 aromatic rings. The SMILES string of the molecule is Cc1cc2c(c(C(CC(=O)O)C3CC3)c1)OCCO2. The molecule has 1 aliphatic carbocycles. The predicted molar refractivity (Wildman–Crippen MR) is 69.9 cm³/mol. The molecule has 1 atom stereocenters. The summed E-state index contributed by atoms with van der Waals surface area (Å²) in [6.07, 6.45) is 2.40. The molecule has 1 heterocycles. The van der Waals surface area contributed by atoms with E-state index in [0.717, 1.165) is 35.5 Å². The van der Waals surface area contributed by atoms with Gasteiger partial charge in [-0.1, -0.05) is 6.07 Å². The summed E-state index contributed by atoms with van der Waals surface area (Å²) in [5.74, 6) is 1.30. The standard InChI is InChI=1S/C15H18O4/c1-9-6-12(11(8-14(16)17)10-2-3-10)15-13(7-9)18-4-5-19-15/h6-7,10-11H,2-5,8H2,1H3,(H,16,17). The van der Waals surface area contributed by atoms with Crippen LogP contribution in [0.1, 0.15) is 36.3 Å². The summed E-state index contributed by atoms with van der Waals surface area (Å²) < 4.78 is 11.4. The Morgan fingerprint density at radius 1 is 1.37 bits per heavy atom. The summed E-state index contributed by atoms with van der Waals surface area (Å²) in [5.41, 5.74) is 2.11. The van der Waals surface area contributed by atoms with E-state index in [9.17, 15) is 4.79 Å². The lowest BCUT2D eigenvalue weighted by molar-refractivity contribution is -0.137. The topological polar surface area (TPSA) is 55.8 Å². The van der Waals surface area contributed by atoms with Gasteiger partial charge in [0.25, 0.3) is 0 Å². The van der Waals surface area contributed by atoms with Crippen molar-refractivity contribution in [3.63, 3.8) is 0 Å². The number of ether oxygens (including phenoxy) is 2. The first kappa shape index (κ1) is 12.3. The van der Waals surface area contributed by atoms with Crippen molar-refractivity contribution >= 4 is 5.97 Å². The number of carboxylic acids is 1. The minimum absolute atomic E-state index is 0.0489. The van der Waals surface area contributed by atoms with Gasteiger partial charge in [0.2, 0.25) is 0 Å². The fourth-order valence-electron chi connectivity index (χ4n) is 2.82. The van der Waals surface area contributed by atoms with Gasteiger partial charge in [-0.05, 0) is 37.3 Å². The summed E-state index contributed by atoms with van der Waals surface area (Å²) in [6.45, 7) is 3.10. The number of hydrogen-bond donors (Lipinski definition) is 1. The lowest BCUT2D eigenvalue weighted by atomic mass is 9.89. The molecule has 0 aromatic heterocycles. The quantitative estimate of drug-likeness (QED) is 0.906. The van der Waals surface area contributed by atoms with Crippen LogP contribution in [0.3, 0.4) is 0 Å². The second-order valence-corrected chi connectivity index (χ2v) is 5.42. The van der Waals surface area contributed by atoms with Gasteiger partial charge in [0.05, 0.1) is 6.42 Å². The van der Waals surface area contributed by atoms with Crippen molar-refractivity contribution in [3.05, 3.63) is 23.3 Å². The van der Waals surface area contributed by atoms with Crippen LogP contribution >= 0.6 is 0 Å². The molecule has 102 valence electrons. The van der Waals surface area contributed by atoms with E-state index in [1.54, 1.807) is 0 Å². The van der Waals surface area contributed by atoms with Gasteiger partial charge in [0.15, 0.2) is 11.5 Å². The molecule has 0 saturated heterocycles. The van der Waals surface area contributed by atoms with E-state index in [-0.39, 0.29) is 12.3 Å². The number of carbonyl (C=O) groups is 1. The maximum absolute atomic E-state index is 11.1. The molecule has 1 aromatic carbocycles. The van der Waals surface area contributed by atoms with Crippen LogP contribution in [0, 0.1) is 12.8 Å². The van der Waals surface area contributed by atoms with E-state index in [4.69, 9.17) is 14.6 Å². The number of benzene rings is 1. The molecule has 0 radical (unpaired) electrons. The number of aliphatic carboxylic acids is 1. The van der Waals surface area contributed by atoms with Gasteiger partial charge in [-0.2, -0.15) is 0 Å². The number of fused-ring (bicyclic) bond motifs is 1. The molecule has 0 bridgehead atoms. The second kappa shape index (κ2) is 4.76. The number of carboxylic acid groups (broad SMARTS) is 1. The molecule has 4 heteroatoms. The first-order valence-electron chi connectivity index (χ1n) is 6.77. The molecule has 0 amide bonds. The maximum atomic E-state index is 11.1. The van der Waals surface area contributed by atoms with Crippen LogP contribution in [-0.2, 0) is 4.79 Å². The highest BCUT2D eigenvalue weighted by Gasteiger charge is 2.36. The fraction of sp³-hybridized carbons (Fsp3) is 0.533. The maximum Gasteiger partial charge on any atom is 0.303 e. The monoisotopic (exact) mass is 262 g/mol. The first-order valence-corrected chi connectivity index (χ1v) is 6.77. The van der Waals surface area contributed by atoms with Crippen molar-refractivity contribution in [3.8, 4) is 11.5 Å². The van der Waals surface area contributed by atoms with Gasteiger partial charge in [0, 0.05) is 11.5 Å². The highest BCUT2D eigenvalue weighted by Crippen LogP contribution is 2.49. The van der Waals surface area contributed by atoms with Gasteiger partial charge in [-0.15, -0.1) is 0 Å². The van der Waals surface area contributed by atoms with Gasteiger partial charge in [-0.25, -0.2) is 0 Å². The minimum Gasteiger partial charge on any atom is -0.486 e. The summed E-state index contributed by atoms with van der Waals surface area (Å²) in [6, 6.07) is 4.02. The number of aryl methyl sites for hydroxylation is 1. The average molecular weight is 262 g/mol. The van der Waals surface area contributed by atoms with Crippen molar-refractivity contribution < 1.29 is 19.4 Å². The van der Waals surface area contributed by atoms with Crippen molar-refractivity contribution in [1.82, 2.24) is 0 Å². The fourth-order valence-corrected chi connectivity index (χ4v) is 2.82. The largest absolute Gasteiger partial charge is 0.486 e. The molecule has 1 saturated carbocycles. The Kier molecular flexibility index (Phi) is 3.09. The van der Waals surface area contributed by atoms with Crippen molar-refractivity contribution in [2.75, 3.05) is 13.2 Å². The Morgan fingerprint density at radius 3 is 2.79 bits per heavy atom. The molecule has 1 fully saturated rings. The van der Waals surface area contributed by atoms with Gasteiger partial charge in [-0.3, -0.25) is 4.79 Å². The zero-order chi connectivity index (χ0) is 13.4. The van der Waals surface area contributed by atoms with Crippen molar-refractivity contribution in [2.24, 2.45) is 5.92 Å².